The summed E-state index contributed by atoms with van der Waals surface area (Å²) in [5.74, 6) is 1.09. The highest BCUT2D eigenvalue weighted by molar-refractivity contribution is 6.42. The SMILES string of the molecule is O=C(/C=C/c1ccc(Cl)c(Cl)c1)N1CCN(c2cccc[nH+]2)CC1. The van der Waals surface area contributed by atoms with Crippen LogP contribution in [-0.4, -0.2) is 37.0 Å². The van der Waals surface area contributed by atoms with Crippen LogP contribution in [0.2, 0.25) is 10.0 Å². The van der Waals surface area contributed by atoms with Gasteiger partial charge < -0.3 is 4.90 Å². The van der Waals surface area contributed by atoms with Crippen molar-refractivity contribution in [1.29, 1.82) is 0 Å². The first-order chi connectivity index (χ1) is 11.6. The third-order valence-corrected chi connectivity index (χ3v) is 4.73. The van der Waals surface area contributed by atoms with Gasteiger partial charge in [0.05, 0.1) is 29.3 Å². The van der Waals surface area contributed by atoms with Crippen LogP contribution < -0.4 is 9.88 Å². The summed E-state index contributed by atoms with van der Waals surface area (Å²) in [6.45, 7) is 3.03. The van der Waals surface area contributed by atoms with Crippen LogP contribution in [-0.2, 0) is 4.79 Å². The van der Waals surface area contributed by atoms with E-state index in [0.717, 1.165) is 24.5 Å². The highest BCUT2D eigenvalue weighted by atomic mass is 35.5. The molecule has 4 nitrogen and oxygen atoms in total. The van der Waals surface area contributed by atoms with E-state index in [-0.39, 0.29) is 5.91 Å². The summed E-state index contributed by atoms with van der Waals surface area (Å²) < 4.78 is 0. The number of anilines is 1. The number of hydrogen-bond acceptors (Lipinski definition) is 2. The van der Waals surface area contributed by atoms with Gasteiger partial charge in [-0.3, -0.25) is 9.69 Å². The number of amides is 1. The number of H-pyrrole nitrogens is 1. The molecule has 24 heavy (non-hydrogen) atoms. The maximum atomic E-state index is 12.3. The summed E-state index contributed by atoms with van der Waals surface area (Å²) in [4.78, 5) is 19.6. The number of nitrogens with zero attached hydrogens (tertiary/aromatic N) is 2. The number of benzene rings is 1. The Bertz CT molecular complexity index is 741. The molecular formula is C18H18Cl2N3O+. The predicted octanol–water partition coefficient (Wildman–Crippen LogP) is 3.17. The van der Waals surface area contributed by atoms with Crippen LogP contribution in [0.4, 0.5) is 5.82 Å². The normalized spacial score (nSPS) is 15.1. The third-order valence-electron chi connectivity index (χ3n) is 3.99. The Labute approximate surface area is 151 Å². The molecule has 6 heteroatoms. The van der Waals surface area contributed by atoms with Gasteiger partial charge in [0.2, 0.25) is 5.91 Å². The topological polar surface area (TPSA) is 37.7 Å². The van der Waals surface area contributed by atoms with Gasteiger partial charge in [-0.25, -0.2) is 4.98 Å². The van der Waals surface area contributed by atoms with Crippen molar-refractivity contribution >= 4 is 41.0 Å². The van der Waals surface area contributed by atoms with Crippen molar-refractivity contribution < 1.29 is 9.78 Å². The zero-order valence-electron chi connectivity index (χ0n) is 13.1. The van der Waals surface area contributed by atoms with Gasteiger partial charge in [-0.2, -0.15) is 0 Å². The average Bonchev–Trinajstić information content (AvgIpc) is 2.63. The van der Waals surface area contributed by atoms with E-state index in [1.54, 1.807) is 24.3 Å². The highest BCUT2D eigenvalue weighted by Gasteiger charge is 2.24. The molecule has 1 saturated heterocycles. The minimum atomic E-state index is 0.0118. The van der Waals surface area contributed by atoms with Crippen LogP contribution in [0, 0.1) is 0 Å². The molecule has 1 amide bonds. The molecule has 0 saturated carbocycles. The Hall–Kier alpha value is -2.04. The number of hydrogen-bond donors (Lipinski definition) is 0. The number of pyridine rings is 1. The summed E-state index contributed by atoms with van der Waals surface area (Å²) in [6, 6.07) is 11.3. The second-order valence-corrected chi connectivity index (χ2v) is 6.38. The number of carbonyl (C=O) groups excluding carboxylic acids is 1. The van der Waals surface area contributed by atoms with Crippen LogP contribution in [0.1, 0.15) is 5.56 Å². The largest absolute Gasteiger partial charge is 0.331 e. The summed E-state index contributed by atoms with van der Waals surface area (Å²) >= 11 is 11.9. The molecule has 1 aliphatic rings. The average molecular weight is 363 g/mol. The number of aromatic amines is 1. The van der Waals surface area contributed by atoms with Crippen molar-refractivity contribution in [2.45, 2.75) is 0 Å². The summed E-state index contributed by atoms with van der Waals surface area (Å²) in [7, 11) is 0. The number of rotatable bonds is 3. The Morgan fingerprint density at radius 3 is 2.50 bits per heavy atom. The molecule has 0 radical (unpaired) electrons. The van der Waals surface area contributed by atoms with E-state index in [2.05, 4.69) is 9.88 Å². The van der Waals surface area contributed by atoms with E-state index in [9.17, 15) is 4.79 Å². The van der Waals surface area contributed by atoms with E-state index in [0.29, 0.717) is 23.1 Å². The highest BCUT2D eigenvalue weighted by Crippen LogP contribution is 2.23. The number of carbonyl (C=O) groups is 1. The zero-order valence-corrected chi connectivity index (χ0v) is 14.6. The fraction of sp³-hybridized carbons (Fsp3) is 0.222. The van der Waals surface area contributed by atoms with E-state index in [1.165, 1.54) is 0 Å². The molecule has 1 N–H and O–H groups in total. The third kappa shape index (κ3) is 4.08. The summed E-state index contributed by atoms with van der Waals surface area (Å²) in [6.07, 6.45) is 5.26. The van der Waals surface area contributed by atoms with Gasteiger partial charge in [-0.1, -0.05) is 35.3 Å². The number of halogens is 2. The fourth-order valence-electron chi connectivity index (χ4n) is 2.64. The van der Waals surface area contributed by atoms with Crippen molar-refractivity contribution in [3.8, 4) is 0 Å². The molecule has 0 unspecified atom stereocenters. The van der Waals surface area contributed by atoms with Crippen LogP contribution in [0.25, 0.3) is 6.08 Å². The molecule has 1 aliphatic heterocycles. The van der Waals surface area contributed by atoms with Crippen LogP contribution >= 0.6 is 23.2 Å². The van der Waals surface area contributed by atoms with E-state index >= 15 is 0 Å². The van der Waals surface area contributed by atoms with Crippen molar-refractivity contribution in [3.63, 3.8) is 0 Å². The molecule has 3 rings (SSSR count). The van der Waals surface area contributed by atoms with E-state index in [1.807, 2.05) is 35.4 Å². The van der Waals surface area contributed by atoms with E-state index < -0.39 is 0 Å². The molecule has 2 aromatic rings. The molecule has 0 atom stereocenters. The summed E-state index contributed by atoms with van der Waals surface area (Å²) in [5, 5.41) is 0.993. The van der Waals surface area contributed by atoms with Crippen LogP contribution in [0.5, 0.6) is 0 Å². The van der Waals surface area contributed by atoms with Crippen molar-refractivity contribution in [3.05, 3.63) is 64.3 Å². The lowest BCUT2D eigenvalue weighted by molar-refractivity contribution is -0.364. The van der Waals surface area contributed by atoms with Gasteiger partial charge in [-0.05, 0) is 29.8 Å². The molecule has 0 aliphatic carbocycles. The minimum absolute atomic E-state index is 0.0118. The minimum Gasteiger partial charge on any atom is -0.331 e. The van der Waals surface area contributed by atoms with Crippen LogP contribution in [0.3, 0.4) is 0 Å². The number of aromatic nitrogens is 1. The Morgan fingerprint density at radius 2 is 1.83 bits per heavy atom. The zero-order chi connectivity index (χ0) is 16.9. The maximum Gasteiger partial charge on any atom is 0.274 e. The van der Waals surface area contributed by atoms with Gasteiger partial charge in [0.15, 0.2) is 0 Å². The Kier molecular flexibility index (Phi) is 5.38. The van der Waals surface area contributed by atoms with Gasteiger partial charge in [-0.15, -0.1) is 0 Å². The summed E-state index contributed by atoms with van der Waals surface area (Å²) in [5.41, 5.74) is 0.857. The van der Waals surface area contributed by atoms with Gasteiger partial charge in [0.1, 0.15) is 13.1 Å². The lowest BCUT2D eigenvalue weighted by Gasteiger charge is -2.30. The molecule has 1 aromatic heterocycles. The number of nitrogens with one attached hydrogen (secondary N) is 1. The Morgan fingerprint density at radius 1 is 1.04 bits per heavy atom. The van der Waals surface area contributed by atoms with Gasteiger partial charge in [0.25, 0.3) is 5.82 Å². The molecular weight excluding hydrogens is 345 g/mol. The molecule has 1 aromatic carbocycles. The quantitative estimate of drug-likeness (QED) is 0.786. The molecule has 124 valence electrons. The van der Waals surface area contributed by atoms with Gasteiger partial charge in [0, 0.05) is 12.1 Å². The maximum absolute atomic E-state index is 12.3. The first-order valence-corrected chi connectivity index (χ1v) is 8.53. The van der Waals surface area contributed by atoms with Gasteiger partial charge >= 0.3 is 0 Å². The first-order valence-electron chi connectivity index (χ1n) is 7.77. The monoisotopic (exact) mass is 362 g/mol. The van der Waals surface area contributed by atoms with Crippen molar-refractivity contribution in [2.24, 2.45) is 0 Å². The Balaban J connectivity index is 1.57. The second kappa shape index (κ2) is 7.69. The first kappa shape index (κ1) is 16.8. The predicted molar refractivity (Wildman–Crippen MR) is 97.3 cm³/mol. The molecule has 0 spiro atoms. The number of piperazine rings is 1. The lowest BCUT2D eigenvalue weighted by atomic mass is 10.2. The van der Waals surface area contributed by atoms with Crippen LogP contribution in [0.15, 0.2) is 48.7 Å². The second-order valence-electron chi connectivity index (χ2n) is 5.57. The molecule has 2 heterocycles. The van der Waals surface area contributed by atoms with E-state index in [4.69, 9.17) is 23.2 Å². The molecule has 0 bridgehead atoms. The fourth-order valence-corrected chi connectivity index (χ4v) is 2.94. The van der Waals surface area contributed by atoms with Crippen molar-refractivity contribution in [1.82, 2.24) is 4.90 Å². The smallest absolute Gasteiger partial charge is 0.274 e. The lowest BCUT2D eigenvalue weighted by Crippen LogP contribution is -2.49. The molecule has 1 fully saturated rings. The van der Waals surface area contributed by atoms with Crippen molar-refractivity contribution in [2.75, 3.05) is 31.1 Å². The standard InChI is InChI=1S/C18H17Cl2N3O/c19-15-6-4-14(13-16(15)20)5-7-18(24)23-11-9-22(10-12-23)17-3-1-2-8-21-17/h1-8,13H,9-12H2/p+1/b7-5+.